The van der Waals surface area contributed by atoms with Crippen LogP contribution in [0.2, 0.25) is 0 Å². The third-order valence-electron chi connectivity index (χ3n) is 6.35. The van der Waals surface area contributed by atoms with Gasteiger partial charge in [-0.25, -0.2) is 4.98 Å². The first-order valence-corrected chi connectivity index (χ1v) is 11.2. The first-order chi connectivity index (χ1) is 15.1. The Morgan fingerprint density at radius 1 is 1.16 bits per heavy atom. The second-order valence-corrected chi connectivity index (χ2v) is 8.53. The Bertz CT molecular complexity index is 943. The van der Waals surface area contributed by atoms with Gasteiger partial charge in [0.2, 0.25) is 11.8 Å². The molecule has 2 aromatic rings. The SMILES string of the molecule is NC[C@H]1CC[C@H](C(=O)N[C@H]2C/C=C/CCC(=O)Nc3ccccc3-c3c[nH]c2n3)CC1. The summed E-state index contributed by atoms with van der Waals surface area (Å²) in [4.78, 5) is 33.3. The molecule has 0 unspecified atom stereocenters. The molecule has 1 atom stereocenters. The highest BCUT2D eigenvalue weighted by atomic mass is 16.2. The maximum Gasteiger partial charge on any atom is 0.224 e. The van der Waals surface area contributed by atoms with Gasteiger partial charge in [0.25, 0.3) is 0 Å². The number of hydrogen-bond donors (Lipinski definition) is 4. The summed E-state index contributed by atoms with van der Waals surface area (Å²) in [6.07, 6.45) is 11.4. The minimum atomic E-state index is -0.235. The number of aromatic nitrogens is 2. The maximum atomic E-state index is 13.0. The van der Waals surface area contributed by atoms with Gasteiger partial charge in [0.05, 0.1) is 17.4 Å². The van der Waals surface area contributed by atoms with E-state index in [1.807, 2.05) is 42.6 Å². The predicted octanol–water partition coefficient (Wildman–Crippen LogP) is 3.68. The summed E-state index contributed by atoms with van der Waals surface area (Å²) >= 11 is 0. The third-order valence-corrected chi connectivity index (χ3v) is 6.35. The second kappa shape index (κ2) is 9.92. The van der Waals surface area contributed by atoms with E-state index in [2.05, 4.69) is 15.6 Å². The molecule has 0 radical (unpaired) electrons. The smallest absolute Gasteiger partial charge is 0.224 e. The summed E-state index contributed by atoms with van der Waals surface area (Å²) in [5, 5.41) is 6.21. The van der Waals surface area contributed by atoms with Crippen molar-refractivity contribution in [3.8, 4) is 11.3 Å². The van der Waals surface area contributed by atoms with Crippen LogP contribution in [0.25, 0.3) is 11.3 Å². The van der Waals surface area contributed by atoms with E-state index in [-0.39, 0.29) is 23.8 Å². The normalized spacial score (nSPS) is 25.2. The number of aromatic amines is 1. The molecule has 1 aliphatic carbocycles. The van der Waals surface area contributed by atoms with Crippen LogP contribution in [0.3, 0.4) is 0 Å². The van der Waals surface area contributed by atoms with Crippen LogP contribution < -0.4 is 16.4 Å². The van der Waals surface area contributed by atoms with Crippen LogP contribution in [-0.2, 0) is 9.59 Å². The number of fused-ring (bicyclic) bond motifs is 4. The van der Waals surface area contributed by atoms with Gasteiger partial charge in [-0.05, 0) is 57.1 Å². The van der Waals surface area contributed by atoms with Gasteiger partial charge in [0.1, 0.15) is 5.82 Å². The number of H-pyrrole nitrogens is 1. The third kappa shape index (κ3) is 5.22. The van der Waals surface area contributed by atoms with Gasteiger partial charge < -0.3 is 21.4 Å². The molecule has 1 aromatic heterocycles. The number of para-hydroxylation sites is 1. The fraction of sp³-hybridized carbons (Fsp3) is 0.458. The van der Waals surface area contributed by atoms with Crippen LogP contribution in [0.5, 0.6) is 0 Å². The Labute approximate surface area is 182 Å². The zero-order valence-electron chi connectivity index (χ0n) is 17.8. The van der Waals surface area contributed by atoms with Gasteiger partial charge in [-0.3, -0.25) is 9.59 Å². The van der Waals surface area contributed by atoms with Crippen LogP contribution in [0.1, 0.15) is 56.8 Å². The van der Waals surface area contributed by atoms with Gasteiger partial charge >= 0.3 is 0 Å². The molecule has 1 saturated carbocycles. The summed E-state index contributed by atoms with van der Waals surface area (Å²) in [5.41, 5.74) is 8.13. The zero-order valence-corrected chi connectivity index (χ0v) is 17.8. The molecule has 2 bridgehead atoms. The Balaban J connectivity index is 1.55. The number of carbonyl (C=O) groups excluding carboxylic acids is 2. The van der Waals surface area contributed by atoms with E-state index in [0.717, 1.165) is 48.5 Å². The number of amides is 2. The molecule has 7 heteroatoms. The molecule has 31 heavy (non-hydrogen) atoms. The molecule has 2 heterocycles. The zero-order chi connectivity index (χ0) is 21.6. The van der Waals surface area contributed by atoms with Crippen molar-refractivity contribution in [1.29, 1.82) is 0 Å². The topological polar surface area (TPSA) is 113 Å². The molecule has 164 valence electrons. The molecule has 0 spiro atoms. The van der Waals surface area contributed by atoms with Crippen LogP contribution >= 0.6 is 0 Å². The fourth-order valence-electron chi connectivity index (χ4n) is 4.43. The van der Waals surface area contributed by atoms with E-state index >= 15 is 0 Å². The standard InChI is InChI=1S/C24H31N5O2/c25-14-16-10-12-17(13-11-16)24(31)29-20-8-2-1-3-9-22(30)27-19-7-5-4-6-18(19)21-15-26-23(20)28-21/h1-2,4-7,15-17,20H,3,8-14,25H2,(H,26,28)(H,27,30)(H,29,31)/b2-1+/t16-,17-,20-/m0/s1. The molecule has 1 aromatic carbocycles. The number of imidazole rings is 1. The summed E-state index contributed by atoms with van der Waals surface area (Å²) in [6, 6.07) is 7.41. The lowest BCUT2D eigenvalue weighted by atomic mass is 9.81. The molecule has 2 amide bonds. The van der Waals surface area contributed by atoms with E-state index in [1.165, 1.54) is 0 Å². The molecule has 1 fully saturated rings. The first kappa shape index (κ1) is 21.3. The van der Waals surface area contributed by atoms with Crippen molar-refractivity contribution in [3.63, 3.8) is 0 Å². The number of carbonyl (C=O) groups is 2. The minimum Gasteiger partial charge on any atom is -0.346 e. The first-order valence-electron chi connectivity index (χ1n) is 11.2. The molecular weight excluding hydrogens is 390 g/mol. The van der Waals surface area contributed by atoms with Gasteiger partial charge in [0.15, 0.2) is 0 Å². The van der Waals surface area contributed by atoms with Crippen molar-refractivity contribution >= 4 is 17.5 Å². The number of rotatable bonds is 3. The maximum absolute atomic E-state index is 13.0. The molecule has 4 rings (SSSR count). The van der Waals surface area contributed by atoms with Crippen molar-refractivity contribution < 1.29 is 9.59 Å². The highest BCUT2D eigenvalue weighted by Crippen LogP contribution is 2.31. The summed E-state index contributed by atoms with van der Waals surface area (Å²) in [7, 11) is 0. The summed E-state index contributed by atoms with van der Waals surface area (Å²) in [6.45, 7) is 0.704. The number of hydrogen-bond acceptors (Lipinski definition) is 4. The van der Waals surface area contributed by atoms with Crippen LogP contribution in [0.15, 0.2) is 42.6 Å². The molecule has 0 saturated heterocycles. The van der Waals surface area contributed by atoms with Crippen molar-refractivity contribution in [3.05, 3.63) is 48.4 Å². The highest BCUT2D eigenvalue weighted by molar-refractivity contribution is 5.95. The quantitative estimate of drug-likeness (QED) is 0.566. The average molecular weight is 422 g/mol. The van der Waals surface area contributed by atoms with Crippen molar-refractivity contribution in [2.45, 2.75) is 51.0 Å². The molecule has 5 N–H and O–H groups in total. The highest BCUT2D eigenvalue weighted by Gasteiger charge is 2.28. The molecular formula is C24H31N5O2. The fourth-order valence-corrected chi connectivity index (χ4v) is 4.43. The summed E-state index contributed by atoms with van der Waals surface area (Å²) < 4.78 is 0. The van der Waals surface area contributed by atoms with E-state index in [9.17, 15) is 9.59 Å². The molecule has 1 aliphatic heterocycles. The number of nitrogens with one attached hydrogen (secondary N) is 3. The van der Waals surface area contributed by atoms with Gasteiger partial charge in [-0.2, -0.15) is 0 Å². The molecule has 7 nitrogen and oxygen atoms in total. The van der Waals surface area contributed by atoms with Crippen LogP contribution in [-0.4, -0.2) is 28.3 Å². The van der Waals surface area contributed by atoms with Crippen molar-refractivity contribution in [2.24, 2.45) is 17.6 Å². The number of nitrogens with two attached hydrogens (primary N) is 1. The monoisotopic (exact) mass is 421 g/mol. The van der Waals surface area contributed by atoms with E-state index in [0.29, 0.717) is 31.7 Å². The molecule has 2 aliphatic rings. The van der Waals surface area contributed by atoms with Crippen LogP contribution in [0, 0.1) is 11.8 Å². The average Bonchev–Trinajstić information content (AvgIpc) is 3.28. The number of benzene rings is 1. The largest absolute Gasteiger partial charge is 0.346 e. The summed E-state index contributed by atoms with van der Waals surface area (Å²) in [5.74, 6) is 1.37. The van der Waals surface area contributed by atoms with Gasteiger partial charge in [-0.1, -0.05) is 30.4 Å². The minimum absolute atomic E-state index is 0.0231. The van der Waals surface area contributed by atoms with E-state index in [1.54, 1.807) is 0 Å². The number of nitrogens with zero attached hydrogens (tertiary/aromatic N) is 1. The van der Waals surface area contributed by atoms with Crippen LogP contribution in [0.4, 0.5) is 5.69 Å². The van der Waals surface area contributed by atoms with Gasteiger partial charge in [0, 0.05) is 24.1 Å². The van der Waals surface area contributed by atoms with Crippen molar-refractivity contribution in [2.75, 3.05) is 11.9 Å². The Hall–Kier alpha value is -2.93. The van der Waals surface area contributed by atoms with Crippen molar-refractivity contribution in [1.82, 2.24) is 15.3 Å². The Morgan fingerprint density at radius 3 is 2.77 bits per heavy atom. The Morgan fingerprint density at radius 2 is 1.97 bits per heavy atom. The Kier molecular flexibility index (Phi) is 6.82. The lowest BCUT2D eigenvalue weighted by Crippen LogP contribution is -2.36. The number of anilines is 1. The van der Waals surface area contributed by atoms with Gasteiger partial charge in [-0.15, -0.1) is 0 Å². The van der Waals surface area contributed by atoms with E-state index in [4.69, 9.17) is 10.7 Å². The van der Waals surface area contributed by atoms with E-state index < -0.39 is 0 Å². The lowest BCUT2D eigenvalue weighted by molar-refractivity contribution is -0.127. The lowest BCUT2D eigenvalue weighted by Gasteiger charge is -2.28. The second-order valence-electron chi connectivity index (χ2n) is 8.53. The predicted molar refractivity (Wildman–Crippen MR) is 121 cm³/mol. The number of allylic oxidation sites excluding steroid dienone is 1.